The van der Waals surface area contributed by atoms with Crippen LogP contribution in [0.2, 0.25) is 0 Å². The summed E-state index contributed by atoms with van der Waals surface area (Å²) in [6.07, 6.45) is 1.77. The molecule has 0 amide bonds. The predicted molar refractivity (Wildman–Crippen MR) is 79.9 cm³/mol. The molecule has 0 spiro atoms. The molecule has 0 unspecified atom stereocenters. The fraction of sp³-hybridized carbons (Fsp3) is 0.154. The molecule has 6 nitrogen and oxygen atoms in total. The number of rotatable bonds is 2. The highest BCUT2D eigenvalue weighted by atomic mass is 79.9. The molecule has 0 aliphatic carbocycles. The number of hydrogen-bond acceptors (Lipinski definition) is 5. The van der Waals surface area contributed by atoms with E-state index in [0.29, 0.717) is 5.95 Å². The minimum Gasteiger partial charge on any atom is -0.389 e. The van der Waals surface area contributed by atoms with Gasteiger partial charge in [0, 0.05) is 35.7 Å². The summed E-state index contributed by atoms with van der Waals surface area (Å²) in [4.78, 5) is 24.3. The van der Waals surface area contributed by atoms with Crippen LogP contribution in [0.1, 0.15) is 0 Å². The Labute approximate surface area is 122 Å². The third-order valence-corrected chi connectivity index (χ3v) is 3.34. The van der Waals surface area contributed by atoms with Gasteiger partial charge in [-0.15, -0.1) is 4.98 Å². The molecule has 0 radical (unpaired) electrons. The molecule has 0 aliphatic heterocycles. The van der Waals surface area contributed by atoms with E-state index in [1.807, 2.05) is 18.2 Å². The van der Waals surface area contributed by atoms with Gasteiger partial charge in [-0.25, -0.2) is 4.79 Å². The van der Waals surface area contributed by atoms with Crippen LogP contribution in [-0.2, 0) is 0 Å². The second-order valence-electron chi connectivity index (χ2n) is 4.48. The number of nitrogens with one attached hydrogen (secondary N) is 1. The summed E-state index contributed by atoms with van der Waals surface area (Å²) < 4.78 is 6.06. The molecule has 0 fully saturated rings. The van der Waals surface area contributed by atoms with Crippen molar-refractivity contribution in [2.45, 2.75) is 0 Å². The molecular formula is C13H11BrN4O2. The first-order chi connectivity index (χ1) is 9.54. The summed E-state index contributed by atoms with van der Waals surface area (Å²) in [5.41, 5.74) is 1.67. The second kappa shape index (κ2) is 4.75. The fourth-order valence-electron chi connectivity index (χ4n) is 1.91. The van der Waals surface area contributed by atoms with E-state index in [1.165, 1.54) is 0 Å². The van der Waals surface area contributed by atoms with Crippen molar-refractivity contribution in [1.29, 1.82) is 0 Å². The zero-order chi connectivity index (χ0) is 14.3. The number of aromatic nitrogens is 3. The average Bonchev–Trinajstić information content (AvgIpc) is 2.80. The van der Waals surface area contributed by atoms with E-state index in [2.05, 4.69) is 30.9 Å². The van der Waals surface area contributed by atoms with Gasteiger partial charge in [0.2, 0.25) is 11.8 Å². The monoisotopic (exact) mass is 334 g/mol. The van der Waals surface area contributed by atoms with Gasteiger partial charge in [0.05, 0.1) is 5.56 Å². The summed E-state index contributed by atoms with van der Waals surface area (Å²) >= 11 is 3.43. The molecule has 0 bridgehead atoms. The van der Waals surface area contributed by atoms with E-state index >= 15 is 0 Å². The maximum absolute atomic E-state index is 11.5. The van der Waals surface area contributed by atoms with Gasteiger partial charge >= 0.3 is 5.76 Å². The van der Waals surface area contributed by atoms with Crippen molar-refractivity contribution in [3.63, 3.8) is 0 Å². The number of anilines is 1. The maximum atomic E-state index is 11.5. The van der Waals surface area contributed by atoms with Gasteiger partial charge in [-0.1, -0.05) is 15.9 Å². The van der Waals surface area contributed by atoms with Crippen molar-refractivity contribution < 1.29 is 4.42 Å². The molecule has 3 rings (SSSR count). The van der Waals surface area contributed by atoms with Crippen LogP contribution in [0.15, 0.2) is 38.1 Å². The minimum absolute atomic E-state index is 0.248. The summed E-state index contributed by atoms with van der Waals surface area (Å²) in [5, 5.41) is 0.922. The highest BCUT2D eigenvalue weighted by Gasteiger charge is 2.13. The van der Waals surface area contributed by atoms with Crippen molar-refractivity contribution >= 4 is 32.8 Å². The molecule has 0 saturated carbocycles. The van der Waals surface area contributed by atoms with Crippen LogP contribution >= 0.6 is 15.9 Å². The fourth-order valence-corrected chi connectivity index (χ4v) is 2.27. The van der Waals surface area contributed by atoms with Crippen molar-refractivity contribution in [2.75, 3.05) is 19.0 Å². The van der Waals surface area contributed by atoms with Gasteiger partial charge in [-0.05, 0) is 18.2 Å². The number of H-pyrrole nitrogens is 1. The molecule has 102 valence electrons. The Balaban J connectivity index is 2.25. The second-order valence-corrected chi connectivity index (χ2v) is 5.40. The van der Waals surface area contributed by atoms with E-state index in [4.69, 9.17) is 4.42 Å². The highest BCUT2D eigenvalue weighted by Crippen LogP contribution is 2.29. The van der Waals surface area contributed by atoms with E-state index < -0.39 is 5.76 Å². The molecule has 2 heterocycles. The first kappa shape index (κ1) is 12.9. The van der Waals surface area contributed by atoms with Crippen molar-refractivity contribution in [1.82, 2.24) is 15.0 Å². The minimum atomic E-state index is -0.664. The van der Waals surface area contributed by atoms with E-state index in [0.717, 1.165) is 20.9 Å². The molecule has 7 heteroatoms. The molecular weight excluding hydrogens is 324 g/mol. The Kier molecular flexibility index (Phi) is 3.06. The molecule has 0 atom stereocenters. The van der Waals surface area contributed by atoms with Crippen molar-refractivity contribution in [2.24, 2.45) is 0 Å². The molecule has 0 aliphatic rings. The van der Waals surface area contributed by atoms with Crippen LogP contribution in [0.4, 0.5) is 5.95 Å². The van der Waals surface area contributed by atoms with Crippen LogP contribution in [0.3, 0.4) is 0 Å². The van der Waals surface area contributed by atoms with Crippen LogP contribution < -0.4 is 10.7 Å². The topological polar surface area (TPSA) is 75.0 Å². The van der Waals surface area contributed by atoms with Gasteiger partial charge in [-0.3, -0.25) is 0 Å². The van der Waals surface area contributed by atoms with Crippen molar-refractivity contribution in [3.8, 4) is 11.5 Å². The summed E-state index contributed by atoms with van der Waals surface area (Å²) in [7, 11) is 3.54. The van der Waals surface area contributed by atoms with Crippen LogP contribution in [0.25, 0.3) is 22.4 Å². The van der Waals surface area contributed by atoms with E-state index in [-0.39, 0.29) is 5.89 Å². The Hall–Kier alpha value is -2.15. The predicted octanol–water partition coefficient (Wildman–Crippen LogP) is 2.41. The van der Waals surface area contributed by atoms with Gasteiger partial charge in [0.1, 0.15) is 0 Å². The third-order valence-electron chi connectivity index (χ3n) is 2.85. The smallest absolute Gasteiger partial charge is 0.389 e. The van der Waals surface area contributed by atoms with Gasteiger partial charge in [0.15, 0.2) is 0 Å². The first-order valence-corrected chi connectivity index (χ1v) is 6.67. The Morgan fingerprint density at radius 2 is 2.10 bits per heavy atom. The lowest BCUT2D eigenvalue weighted by Crippen LogP contribution is -2.18. The Bertz CT molecular complexity index is 838. The van der Waals surface area contributed by atoms with E-state index in [9.17, 15) is 4.79 Å². The normalized spacial score (nSPS) is 10.9. The van der Waals surface area contributed by atoms with Crippen LogP contribution in [0, 0.1) is 0 Å². The molecule has 0 saturated heterocycles. The van der Waals surface area contributed by atoms with Gasteiger partial charge < -0.3 is 14.3 Å². The number of hydrogen-bond donors (Lipinski definition) is 1. The molecule has 3 aromatic rings. The number of aromatic amines is 1. The van der Waals surface area contributed by atoms with Crippen LogP contribution in [-0.4, -0.2) is 29.0 Å². The van der Waals surface area contributed by atoms with Gasteiger partial charge in [0.25, 0.3) is 0 Å². The Morgan fingerprint density at radius 1 is 1.30 bits per heavy atom. The Morgan fingerprint density at radius 3 is 2.85 bits per heavy atom. The summed E-state index contributed by atoms with van der Waals surface area (Å²) in [6, 6.07) is 5.82. The largest absolute Gasteiger partial charge is 0.443 e. The lowest BCUT2D eigenvalue weighted by molar-refractivity contribution is 0.478. The van der Waals surface area contributed by atoms with Gasteiger partial charge in [-0.2, -0.15) is 4.98 Å². The average molecular weight is 335 g/mol. The molecule has 20 heavy (non-hydrogen) atoms. The number of nitrogens with zero attached hydrogens (tertiary/aromatic N) is 3. The standard InChI is InChI=1S/C13H11BrN4O2/c1-18(2)12-16-11(20-13(19)17-12)9-6-15-10-4-3-7(14)5-8(9)10/h3-6,15H,1-2H3. The summed E-state index contributed by atoms with van der Waals surface area (Å²) in [5.74, 6) is -0.0957. The number of halogens is 1. The zero-order valence-electron chi connectivity index (χ0n) is 10.8. The SMILES string of the molecule is CN(C)c1nc(-c2c[nH]c3ccc(Br)cc23)oc(=O)n1. The maximum Gasteiger partial charge on any atom is 0.443 e. The number of benzene rings is 1. The number of fused-ring (bicyclic) bond motifs is 1. The molecule has 1 aromatic carbocycles. The van der Waals surface area contributed by atoms with Crippen molar-refractivity contribution in [3.05, 3.63) is 39.4 Å². The first-order valence-electron chi connectivity index (χ1n) is 5.88. The zero-order valence-corrected chi connectivity index (χ0v) is 12.4. The highest BCUT2D eigenvalue weighted by molar-refractivity contribution is 9.10. The molecule has 2 aromatic heterocycles. The quantitative estimate of drug-likeness (QED) is 0.778. The third kappa shape index (κ3) is 2.20. The van der Waals surface area contributed by atoms with E-state index in [1.54, 1.807) is 25.2 Å². The lowest BCUT2D eigenvalue weighted by atomic mass is 10.2. The summed E-state index contributed by atoms with van der Waals surface area (Å²) in [6.45, 7) is 0. The lowest BCUT2D eigenvalue weighted by Gasteiger charge is -2.08. The molecule has 1 N–H and O–H groups in total. The van der Waals surface area contributed by atoms with Crippen LogP contribution in [0.5, 0.6) is 0 Å².